The van der Waals surface area contributed by atoms with Crippen LogP contribution in [0.5, 0.6) is 11.5 Å². The molecule has 0 spiro atoms. The van der Waals surface area contributed by atoms with Gasteiger partial charge in [0.2, 0.25) is 5.91 Å². The van der Waals surface area contributed by atoms with Gasteiger partial charge in [0, 0.05) is 18.5 Å². The number of carbonyl (C=O) groups is 1. The molecule has 0 fully saturated rings. The summed E-state index contributed by atoms with van der Waals surface area (Å²) in [5.74, 6) is 1.11. The van der Waals surface area contributed by atoms with E-state index in [1.54, 1.807) is 24.1 Å². The van der Waals surface area contributed by atoms with E-state index in [4.69, 9.17) is 9.47 Å². The molecule has 2 aromatic heterocycles. The summed E-state index contributed by atoms with van der Waals surface area (Å²) >= 11 is 0. The highest BCUT2D eigenvalue weighted by molar-refractivity contribution is 6.02. The topological polar surface area (TPSA) is 78.3 Å². The van der Waals surface area contributed by atoms with E-state index in [0.29, 0.717) is 23.8 Å². The minimum absolute atomic E-state index is 0.241. The number of aromatic nitrogens is 3. The van der Waals surface area contributed by atoms with Crippen LogP contribution in [0.1, 0.15) is 31.0 Å². The summed E-state index contributed by atoms with van der Waals surface area (Å²) in [4.78, 5) is 16.7. The first-order chi connectivity index (χ1) is 14.0. The first-order valence-electron chi connectivity index (χ1n) is 9.61. The second-order valence-corrected chi connectivity index (χ2v) is 6.74. The monoisotopic (exact) mass is 394 g/mol. The van der Waals surface area contributed by atoms with Crippen molar-refractivity contribution < 1.29 is 14.3 Å². The van der Waals surface area contributed by atoms with Crippen LogP contribution in [0.25, 0.3) is 17.1 Å². The normalized spacial score (nSPS) is 11.2. The summed E-state index contributed by atoms with van der Waals surface area (Å²) in [6.07, 6.45) is 6.90. The number of amides is 1. The predicted octanol–water partition coefficient (Wildman–Crippen LogP) is 4.12. The van der Waals surface area contributed by atoms with E-state index in [9.17, 15) is 4.79 Å². The number of carbonyl (C=O) groups excluding carboxylic acids is 1. The smallest absolute Gasteiger partial charge is 0.248 e. The van der Waals surface area contributed by atoms with Gasteiger partial charge in [0.05, 0.1) is 31.3 Å². The number of anilines is 1. The second-order valence-electron chi connectivity index (χ2n) is 6.74. The van der Waals surface area contributed by atoms with Gasteiger partial charge in [-0.3, -0.25) is 9.48 Å². The van der Waals surface area contributed by atoms with Crippen LogP contribution < -0.4 is 14.8 Å². The van der Waals surface area contributed by atoms with Crippen LogP contribution in [0.4, 0.5) is 5.69 Å². The summed E-state index contributed by atoms with van der Waals surface area (Å²) in [5, 5.41) is 8.09. The van der Waals surface area contributed by atoms with E-state index < -0.39 is 0 Å². The number of hydrogen-bond donors (Lipinski definition) is 1. The Labute approximate surface area is 170 Å². The second kappa shape index (κ2) is 9.23. The van der Waals surface area contributed by atoms with Crippen molar-refractivity contribution in [3.63, 3.8) is 0 Å². The molecule has 3 rings (SSSR count). The zero-order valence-corrected chi connectivity index (χ0v) is 17.2. The molecule has 0 aliphatic carbocycles. The van der Waals surface area contributed by atoms with Gasteiger partial charge in [-0.1, -0.05) is 19.4 Å². The molecule has 7 nitrogen and oxygen atoms in total. The van der Waals surface area contributed by atoms with Gasteiger partial charge >= 0.3 is 0 Å². The van der Waals surface area contributed by atoms with Crippen LogP contribution in [0.15, 0.2) is 36.5 Å². The van der Waals surface area contributed by atoms with Crippen molar-refractivity contribution in [1.29, 1.82) is 0 Å². The third-order valence-electron chi connectivity index (χ3n) is 4.50. The molecule has 0 aliphatic rings. The molecule has 7 heteroatoms. The highest BCUT2D eigenvalue weighted by Gasteiger charge is 2.08. The van der Waals surface area contributed by atoms with Gasteiger partial charge in [-0.25, -0.2) is 4.98 Å². The Hall–Kier alpha value is -3.35. The minimum Gasteiger partial charge on any atom is -0.493 e. The van der Waals surface area contributed by atoms with Crippen molar-refractivity contribution in [3.8, 4) is 11.5 Å². The Morgan fingerprint density at radius 3 is 2.86 bits per heavy atom. The Morgan fingerprint density at radius 1 is 1.28 bits per heavy atom. The zero-order valence-electron chi connectivity index (χ0n) is 17.2. The molecular weight excluding hydrogens is 368 g/mol. The van der Waals surface area contributed by atoms with Crippen molar-refractivity contribution in [2.45, 2.75) is 26.7 Å². The van der Waals surface area contributed by atoms with E-state index >= 15 is 0 Å². The summed E-state index contributed by atoms with van der Waals surface area (Å²) in [6.45, 7) is 4.68. The van der Waals surface area contributed by atoms with Crippen molar-refractivity contribution in [3.05, 3.63) is 47.8 Å². The number of aryl methyl sites for hydroxylation is 2. The van der Waals surface area contributed by atoms with Crippen LogP contribution in [0.3, 0.4) is 0 Å². The molecule has 0 saturated heterocycles. The quantitative estimate of drug-likeness (QED) is 0.459. The number of methoxy groups -OCH3 is 1. The van der Waals surface area contributed by atoms with Crippen LogP contribution >= 0.6 is 0 Å². The van der Waals surface area contributed by atoms with Gasteiger partial charge in [0.25, 0.3) is 0 Å². The van der Waals surface area contributed by atoms with E-state index in [0.717, 1.165) is 35.1 Å². The maximum atomic E-state index is 12.3. The average molecular weight is 394 g/mol. The highest BCUT2D eigenvalue weighted by Crippen LogP contribution is 2.28. The molecule has 0 aliphatic heterocycles. The minimum atomic E-state index is -0.241. The molecule has 3 aromatic rings. The number of rotatable bonds is 8. The summed E-state index contributed by atoms with van der Waals surface area (Å²) in [7, 11) is 3.45. The fourth-order valence-corrected chi connectivity index (χ4v) is 2.97. The van der Waals surface area contributed by atoms with Crippen molar-refractivity contribution in [1.82, 2.24) is 14.8 Å². The first-order valence-corrected chi connectivity index (χ1v) is 9.61. The van der Waals surface area contributed by atoms with Gasteiger partial charge in [-0.05, 0) is 43.2 Å². The number of hydrogen-bond acceptors (Lipinski definition) is 5. The highest BCUT2D eigenvalue weighted by atomic mass is 16.5. The van der Waals surface area contributed by atoms with Crippen LogP contribution in [-0.2, 0) is 11.8 Å². The van der Waals surface area contributed by atoms with Crippen molar-refractivity contribution in [2.75, 3.05) is 19.0 Å². The van der Waals surface area contributed by atoms with E-state index in [-0.39, 0.29) is 5.91 Å². The van der Waals surface area contributed by atoms with Gasteiger partial charge in [-0.2, -0.15) is 5.10 Å². The van der Waals surface area contributed by atoms with Crippen LogP contribution in [0.2, 0.25) is 0 Å². The molecular formula is C22H26N4O3. The maximum absolute atomic E-state index is 12.3. The average Bonchev–Trinajstić information content (AvgIpc) is 3.00. The first kappa shape index (κ1) is 20.4. The Balaban J connectivity index is 1.68. The van der Waals surface area contributed by atoms with E-state index in [1.165, 1.54) is 6.08 Å². The number of nitrogens with one attached hydrogen (secondary N) is 1. The fourth-order valence-electron chi connectivity index (χ4n) is 2.97. The molecule has 2 heterocycles. The summed E-state index contributed by atoms with van der Waals surface area (Å²) in [6, 6.07) is 7.47. The number of fused-ring (bicyclic) bond motifs is 1. The van der Waals surface area contributed by atoms with E-state index in [1.807, 2.05) is 38.2 Å². The number of nitrogens with zero attached hydrogens (tertiary/aromatic N) is 3. The number of unbranched alkanes of at least 4 members (excludes halogenated alkanes) is 1. The lowest BCUT2D eigenvalue weighted by atomic mass is 10.2. The zero-order chi connectivity index (χ0) is 20.8. The molecule has 1 N–H and O–H groups in total. The number of benzene rings is 1. The van der Waals surface area contributed by atoms with Crippen LogP contribution in [0, 0.1) is 6.92 Å². The summed E-state index contributed by atoms with van der Waals surface area (Å²) < 4.78 is 12.9. The molecule has 1 aromatic carbocycles. The third-order valence-corrected chi connectivity index (χ3v) is 4.50. The van der Waals surface area contributed by atoms with Gasteiger partial charge < -0.3 is 14.8 Å². The molecule has 152 valence electrons. The molecule has 0 radical (unpaired) electrons. The number of pyridine rings is 1. The molecule has 1 amide bonds. The lowest BCUT2D eigenvalue weighted by Crippen LogP contribution is -2.08. The molecule has 0 bridgehead atoms. The molecule has 29 heavy (non-hydrogen) atoms. The summed E-state index contributed by atoms with van der Waals surface area (Å²) in [5.41, 5.74) is 3.12. The van der Waals surface area contributed by atoms with Gasteiger partial charge in [0.1, 0.15) is 0 Å². The fraction of sp³-hybridized carbons (Fsp3) is 0.318. The predicted molar refractivity (Wildman–Crippen MR) is 114 cm³/mol. The Kier molecular flexibility index (Phi) is 6.49. The van der Waals surface area contributed by atoms with E-state index in [2.05, 4.69) is 22.3 Å². The number of ether oxygens (including phenoxy) is 2. The molecule has 0 unspecified atom stereocenters. The van der Waals surface area contributed by atoms with Crippen molar-refractivity contribution in [2.24, 2.45) is 7.05 Å². The lowest BCUT2D eigenvalue weighted by molar-refractivity contribution is -0.111. The largest absolute Gasteiger partial charge is 0.493 e. The third kappa shape index (κ3) is 4.93. The van der Waals surface area contributed by atoms with Crippen LogP contribution in [-0.4, -0.2) is 34.4 Å². The Morgan fingerprint density at radius 2 is 2.10 bits per heavy atom. The Bertz CT molecular complexity index is 1040. The van der Waals surface area contributed by atoms with Crippen molar-refractivity contribution >= 4 is 28.7 Å². The molecule has 0 saturated carbocycles. The molecule has 0 atom stereocenters. The SMILES string of the molecule is CCCCOc1ccc(/C=C/C(=O)Nc2cnc3c(c2)c(C)nn3C)cc1OC. The lowest BCUT2D eigenvalue weighted by Gasteiger charge is -2.11. The maximum Gasteiger partial charge on any atom is 0.248 e. The van der Waals surface area contributed by atoms with Gasteiger partial charge in [-0.15, -0.1) is 0 Å². The standard InChI is InChI=1S/C22H26N4O3/c1-5-6-11-29-19-9-7-16(12-20(19)28-4)8-10-21(27)24-17-13-18-15(2)25-26(3)22(18)23-14-17/h7-10,12-14H,5-6,11H2,1-4H3,(H,24,27)/b10-8+. The van der Waals surface area contributed by atoms with Gasteiger partial charge in [0.15, 0.2) is 17.1 Å².